The van der Waals surface area contributed by atoms with Gasteiger partial charge in [0.25, 0.3) is 0 Å². The first-order valence-corrected chi connectivity index (χ1v) is 12.5. The molecule has 0 radical (unpaired) electrons. The molecule has 0 aromatic rings. The molecular weight excluding hydrogens is 392 g/mol. The standard InChI is InChI=1S/C20H42N4O4S/c1-6-21-20(22-16-19(7-12-25)15-17(2)3)23-8-10-24(11-9-23)29(26,27)14-13-28-18(4)5/h17-19,25H,6-16H2,1-5H3,(H,21,22). The van der Waals surface area contributed by atoms with Crippen LogP contribution in [0.15, 0.2) is 4.99 Å². The molecule has 1 aliphatic rings. The molecule has 1 heterocycles. The number of nitrogens with one attached hydrogen (secondary N) is 1. The van der Waals surface area contributed by atoms with Gasteiger partial charge in [-0.15, -0.1) is 0 Å². The Morgan fingerprint density at radius 2 is 1.83 bits per heavy atom. The van der Waals surface area contributed by atoms with Crippen molar-refractivity contribution in [2.24, 2.45) is 16.8 Å². The van der Waals surface area contributed by atoms with E-state index in [4.69, 9.17) is 9.73 Å². The summed E-state index contributed by atoms with van der Waals surface area (Å²) in [5.41, 5.74) is 0. The van der Waals surface area contributed by atoms with E-state index in [1.807, 2.05) is 20.8 Å². The Morgan fingerprint density at radius 3 is 2.34 bits per heavy atom. The van der Waals surface area contributed by atoms with Crippen molar-refractivity contribution in [2.45, 2.75) is 53.6 Å². The minimum atomic E-state index is -3.29. The van der Waals surface area contributed by atoms with E-state index in [0.717, 1.165) is 25.3 Å². The van der Waals surface area contributed by atoms with Crippen LogP contribution in [0.2, 0.25) is 0 Å². The number of nitrogens with zero attached hydrogens (tertiary/aromatic N) is 3. The maximum absolute atomic E-state index is 12.5. The minimum absolute atomic E-state index is 0.0252. The molecule has 2 N–H and O–H groups in total. The van der Waals surface area contributed by atoms with Crippen LogP contribution in [0.5, 0.6) is 0 Å². The van der Waals surface area contributed by atoms with Gasteiger partial charge in [-0.2, -0.15) is 4.31 Å². The van der Waals surface area contributed by atoms with Crippen molar-refractivity contribution >= 4 is 16.0 Å². The van der Waals surface area contributed by atoms with Crippen LogP contribution in [0.25, 0.3) is 0 Å². The third-order valence-corrected chi connectivity index (χ3v) is 6.73. The Balaban J connectivity index is 2.65. The van der Waals surface area contributed by atoms with E-state index in [9.17, 15) is 13.5 Å². The maximum Gasteiger partial charge on any atom is 0.216 e. The Bertz CT molecular complexity index is 573. The zero-order valence-electron chi connectivity index (χ0n) is 18.9. The summed E-state index contributed by atoms with van der Waals surface area (Å²) >= 11 is 0. The van der Waals surface area contributed by atoms with Crippen molar-refractivity contribution in [1.82, 2.24) is 14.5 Å². The molecule has 0 saturated carbocycles. The Kier molecular flexibility index (Phi) is 12.1. The van der Waals surface area contributed by atoms with Crippen molar-refractivity contribution in [2.75, 3.05) is 58.2 Å². The smallest absolute Gasteiger partial charge is 0.216 e. The number of aliphatic imine (C=N–C) groups is 1. The summed E-state index contributed by atoms with van der Waals surface area (Å²) in [4.78, 5) is 6.93. The van der Waals surface area contributed by atoms with Gasteiger partial charge in [0.15, 0.2) is 5.96 Å². The highest BCUT2D eigenvalue weighted by Crippen LogP contribution is 2.16. The Hall–Kier alpha value is -0.900. The van der Waals surface area contributed by atoms with Crippen LogP contribution in [0.1, 0.15) is 47.5 Å². The molecule has 0 aromatic carbocycles. The van der Waals surface area contributed by atoms with Gasteiger partial charge in [0.05, 0.1) is 18.5 Å². The SMILES string of the molecule is CCNC(=NCC(CCO)CC(C)C)N1CCN(S(=O)(=O)CCOC(C)C)CC1. The summed E-state index contributed by atoms with van der Waals surface area (Å²) in [5.74, 6) is 1.78. The number of hydrogen-bond acceptors (Lipinski definition) is 5. The van der Waals surface area contributed by atoms with E-state index in [2.05, 4.69) is 24.1 Å². The van der Waals surface area contributed by atoms with Crippen LogP contribution in [0, 0.1) is 11.8 Å². The van der Waals surface area contributed by atoms with Gasteiger partial charge in [-0.25, -0.2) is 8.42 Å². The zero-order valence-corrected chi connectivity index (χ0v) is 19.7. The molecule has 0 aromatic heterocycles. The average molecular weight is 435 g/mol. The molecular formula is C20H42N4O4S. The lowest BCUT2D eigenvalue weighted by atomic mass is 9.94. The van der Waals surface area contributed by atoms with Crippen LogP contribution in [0.3, 0.4) is 0 Å². The molecule has 1 atom stereocenters. The normalized spacial score (nSPS) is 17.9. The highest BCUT2D eigenvalue weighted by Gasteiger charge is 2.28. The molecule has 0 amide bonds. The van der Waals surface area contributed by atoms with Crippen molar-refractivity contribution in [3.63, 3.8) is 0 Å². The molecule has 29 heavy (non-hydrogen) atoms. The first-order chi connectivity index (χ1) is 13.7. The van der Waals surface area contributed by atoms with Crippen LogP contribution in [-0.4, -0.2) is 93.0 Å². The largest absolute Gasteiger partial charge is 0.396 e. The highest BCUT2D eigenvalue weighted by molar-refractivity contribution is 7.89. The lowest BCUT2D eigenvalue weighted by Crippen LogP contribution is -2.54. The van der Waals surface area contributed by atoms with E-state index in [1.54, 1.807) is 4.31 Å². The van der Waals surface area contributed by atoms with E-state index in [1.165, 1.54) is 0 Å². The molecule has 1 fully saturated rings. The highest BCUT2D eigenvalue weighted by atomic mass is 32.2. The number of hydrogen-bond donors (Lipinski definition) is 2. The van der Waals surface area contributed by atoms with Crippen LogP contribution < -0.4 is 5.32 Å². The second kappa shape index (κ2) is 13.4. The number of ether oxygens (including phenoxy) is 1. The van der Waals surface area contributed by atoms with E-state index in [-0.39, 0.29) is 25.1 Å². The molecule has 1 unspecified atom stereocenters. The lowest BCUT2D eigenvalue weighted by Gasteiger charge is -2.36. The third-order valence-electron chi connectivity index (χ3n) is 4.90. The van der Waals surface area contributed by atoms with Gasteiger partial charge in [-0.1, -0.05) is 13.8 Å². The van der Waals surface area contributed by atoms with E-state index in [0.29, 0.717) is 44.6 Å². The monoisotopic (exact) mass is 434 g/mol. The molecule has 1 saturated heterocycles. The molecule has 172 valence electrons. The summed E-state index contributed by atoms with van der Waals surface area (Å²) < 4.78 is 32.0. The number of aliphatic hydroxyl groups excluding tert-OH is 1. The fourth-order valence-corrected chi connectivity index (χ4v) is 4.76. The van der Waals surface area contributed by atoms with Crippen molar-refractivity contribution in [3.8, 4) is 0 Å². The van der Waals surface area contributed by atoms with Gasteiger partial charge in [-0.3, -0.25) is 4.99 Å². The van der Waals surface area contributed by atoms with Gasteiger partial charge in [0, 0.05) is 45.9 Å². The van der Waals surface area contributed by atoms with Gasteiger partial charge >= 0.3 is 0 Å². The summed E-state index contributed by atoms with van der Waals surface area (Å²) in [6.45, 7) is 14.2. The minimum Gasteiger partial charge on any atom is -0.396 e. The molecule has 0 spiro atoms. The zero-order chi connectivity index (χ0) is 21.9. The van der Waals surface area contributed by atoms with Crippen molar-refractivity contribution < 1.29 is 18.3 Å². The topological polar surface area (TPSA) is 94.5 Å². The van der Waals surface area contributed by atoms with Crippen LogP contribution in [0.4, 0.5) is 0 Å². The molecule has 0 aliphatic carbocycles. The summed E-state index contributed by atoms with van der Waals surface area (Å²) in [6.07, 6.45) is 1.82. The van der Waals surface area contributed by atoms with Crippen LogP contribution >= 0.6 is 0 Å². The number of guanidine groups is 1. The van der Waals surface area contributed by atoms with Crippen molar-refractivity contribution in [3.05, 3.63) is 0 Å². The van der Waals surface area contributed by atoms with E-state index >= 15 is 0 Å². The number of aliphatic hydroxyl groups is 1. The second-order valence-corrected chi connectivity index (χ2v) is 10.4. The van der Waals surface area contributed by atoms with Crippen LogP contribution in [-0.2, 0) is 14.8 Å². The van der Waals surface area contributed by atoms with Gasteiger partial charge in [0.2, 0.25) is 10.0 Å². The van der Waals surface area contributed by atoms with Gasteiger partial charge in [-0.05, 0) is 45.4 Å². The predicted molar refractivity (Wildman–Crippen MR) is 119 cm³/mol. The molecule has 8 nitrogen and oxygen atoms in total. The Labute approximate surface area is 177 Å². The molecule has 9 heteroatoms. The Morgan fingerprint density at radius 1 is 1.17 bits per heavy atom. The van der Waals surface area contributed by atoms with Gasteiger partial charge in [0.1, 0.15) is 0 Å². The van der Waals surface area contributed by atoms with Crippen molar-refractivity contribution in [1.29, 1.82) is 0 Å². The van der Waals surface area contributed by atoms with E-state index < -0.39 is 10.0 Å². The number of rotatable bonds is 12. The van der Waals surface area contributed by atoms with Gasteiger partial charge < -0.3 is 20.1 Å². The maximum atomic E-state index is 12.5. The molecule has 0 bridgehead atoms. The fourth-order valence-electron chi connectivity index (χ4n) is 3.47. The molecule has 1 aliphatic heterocycles. The average Bonchev–Trinajstić information content (AvgIpc) is 2.64. The quantitative estimate of drug-likeness (QED) is 0.356. The lowest BCUT2D eigenvalue weighted by molar-refractivity contribution is 0.0904. The number of piperazine rings is 1. The summed E-state index contributed by atoms with van der Waals surface area (Å²) in [6, 6.07) is 0. The second-order valence-electron chi connectivity index (χ2n) is 8.32. The predicted octanol–water partition coefficient (Wildman–Crippen LogP) is 1.37. The number of sulfonamides is 1. The summed E-state index contributed by atoms with van der Waals surface area (Å²) in [7, 11) is -3.29. The molecule has 1 rings (SSSR count). The summed E-state index contributed by atoms with van der Waals surface area (Å²) in [5, 5.41) is 12.6. The first kappa shape index (κ1) is 26.1. The fraction of sp³-hybridized carbons (Fsp3) is 0.950. The first-order valence-electron chi connectivity index (χ1n) is 10.9. The third kappa shape index (κ3) is 10.1.